The third kappa shape index (κ3) is 15.4. The summed E-state index contributed by atoms with van der Waals surface area (Å²) in [5, 5.41) is 31.9. The van der Waals surface area contributed by atoms with Gasteiger partial charge in [-0.25, -0.2) is 19.2 Å². The van der Waals surface area contributed by atoms with E-state index in [0.717, 1.165) is 31.9 Å². The second kappa shape index (κ2) is 17.1. The number of carboxylic acid groups (broad SMARTS) is 4. The van der Waals surface area contributed by atoms with Crippen molar-refractivity contribution >= 4 is 35.5 Å². The number of ether oxygens (including phenoxy) is 1. The zero-order valence-electron chi connectivity index (χ0n) is 18.6. The van der Waals surface area contributed by atoms with Crippen LogP contribution in [0.1, 0.15) is 18.9 Å². The molecule has 0 spiro atoms. The first-order valence-corrected chi connectivity index (χ1v) is 10.5. The van der Waals surface area contributed by atoms with E-state index in [-0.39, 0.29) is 0 Å². The second-order valence-electron chi connectivity index (χ2n) is 6.84. The molecule has 1 heterocycles. The predicted molar refractivity (Wildman–Crippen MR) is 124 cm³/mol. The van der Waals surface area contributed by atoms with Crippen LogP contribution >= 0.6 is 11.6 Å². The summed E-state index contributed by atoms with van der Waals surface area (Å²) in [6, 6.07) is 6.05. The molecule has 0 saturated carbocycles. The van der Waals surface area contributed by atoms with E-state index in [4.69, 9.17) is 42.5 Å². The van der Waals surface area contributed by atoms with Crippen molar-refractivity contribution in [3.63, 3.8) is 0 Å². The van der Waals surface area contributed by atoms with Gasteiger partial charge in [-0.15, -0.1) is 0 Å². The average Bonchev–Trinajstić information content (AvgIpc) is 3.21. The van der Waals surface area contributed by atoms with Gasteiger partial charge in [-0.3, -0.25) is 4.90 Å². The fourth-order valence-corrected chi connectivity index (χ4v) is 2.97. The van der Waals surface area contributed by atoms with Crippen LogP contribution in [0.15, 0.2) is 42.5 Å². The van der Waals surface area contributed by atoms with E-state index in [9.17, 15) is 19.2 Å². The van der Waals surface area contributed by atoms with E-state index in [1.165, 1.54) is 12.0 Å². The van der Waals surface area contributed by atoms with Crippen molar-refractivity contribution < 1.29 is 44.3 Å². The Bertz CT molecular complexity index is 821. The monoisotopic (exact) mass is 500 g/mol. The number of halogens is 1. The fraction of sp³-hybridized carbons (Fsp3) is 0.364. The molecule has 11 nitrogen and oxygen atoms in total. The lowest BCUT2D eigenvalue weighted by Crippen LogP contribution is -2.22. The number of hydrogen-bond acceptors (Lipinski definition) is 7. The van der Waals surface area contributed by atoms with Crippen molar-refractivity contribution in [1.29, 1.82) is 0 Å². The van der Waals surface area contributed by atoms with E-state index >= 15 is 0 Å². The van der Waals surface area contributed by atoms with E-state index < -0.39 is 23.9 Å². The SMILES string of the molecule is CCOc1ccc(CN2CC[C@@H](CN)C2)cc1Cl.O=C(O)/C=C/C(=O)O.O=C(O)/C=C/C(=O)O. The van der Waals surface area contributed by atoms with Gasteiger partial charge in [0, 0.05) is 37.4 Å². The smallest absolute Gasteiger partial charge is 0.328 e. The summed E-state index contributed by atoms with van der Waals surface area (Å²) in [5.41, 5.74) is 6.94. The molecular weight excluding hydrogens is 472 g/mol. The third-order valence-electron chi connectivity index (χ3n) is 4.14. The Morgan fingerprint density at radius 3 is 1.88 bits per heavy atom. The van der Waals surface area contributed by atoms with Crippen LogP contribution in [0, 0.1) is 5.92 Å². The van der Waals surface area contributed by atoms with Gasteiger partial charge in [-0.1, -0.05) is 17.7 Å². The van der Waals surface area contributed by atoms with Crippen LogP contribution in [-0.4, -0.2) is 75.4 Å². The van der Waals surface area contributed by atoms with Crippen molar-refractivity contribution in [2.75, 3.05) is 26.2 Å². The quantitative estimate of drug-likeness (QED) is 0.311. The molecule has 0 aromatic heterocycles. The summed E-state index contributed by atoms with van der Waals surface area (Å²) >= 11 is 6.19. The molecule has 2 rings (SSSR count). The minimum atomic E-state index is -1.26. The summed E-state index contributed by atoms with van der Waals surface area (Å²) in [7, 11) is 0. The van der Waals surface area contributed by atoms with Gasteiger partial charge in [-0.05, 0) is 50.0 Å². The van der Waals surface area contributed by atoms with Gasteiger partial charge in [0.05, 0.1) is 11.6 Å². The van der Waals surface area contributed by atoms with E-state index in [0.29, 0.717) is 41.9 Å². The fourth-order valence-electron chi connectivity index (χ4n) is 2.71. The van der Waals surface area contributed by atoms with Crippen molar-refractivity contribution in [2.45, 2.75) is 19.9 Å². The van der Waals surface area contributed by atoms with Gasteiger partial charge < -0.3 is 30.9 Å². The minimum Gasteiger partial charge on any atom is -0.492 e. The first kappa shape index (κ1) is 30.6. The molecule has 1 aliphatic heterocycles. The Balaban J connectivity index is 0.000000570. The molecule has 1 fully saturated rings. The largest absolute Gasteiger partial charge is 0.492 e. The van der Waals surface area contributed by atoms with E-state index in [1.807, 2.05) is 19.1 Å². The number of aliphatic carboxylic acids is 4. The Morgan fingerprint density at radius 2 is 1.53 bits per heavy atom. The number of likely N-dealkylation sites (tertiary alicyclic amines) is 1. The number of carbonyl (C=O) groups is 4. The van der Waals surface area contributed by atoms with Crippen LogP contribution in [0.25, 0.3) is 0 Å². The minimum absolute atomic E-state index is 0.558. The zero-order valence-corrected chi connectivity index (χ0v) is 19.3. The van der Waals surface area contributed by atoms with Crippen LogP contribution in [0.4, 0.5) is 0 Å². The van der Waals surface area contributed by atoms with Crippen molar-refractivity contribution in [1.82, 2.24) is 4.90 Å². The number of carboxylic acids is 4. The Kier molecular flexibility index (Phi) is 15.4. The van der Waals surface area contributed by atoms with Crippen LogP contribution in [-0.2, 0) is 25.7 Å². The van der Waals surface area contributed by atoms with Crippen LogP contribution in [0.5, 0.6) is 5.75 Å². The lowest BCUT2D eigenvalue weighted by molar-refractivity contribution is -0.134. The Labute approximate surface area is 201 Å². The molecule has 1 aromatic carbocycles. The summed E-state index contributed by atoms with van der Waals surface area (Å²) in [5.74, 6) is -3.60. The summed E-state index contributed by atoms with van der Waals surface area (Å²) in [6.45, 7) is 6.57. The highest BCUT2D eigenvalue weighted by Gasteiger charge is 2.21. The van der Waals surface area contributed by atoms with Gasteiger partial charge in [0.2, 0.25) is 0 Å². The molecule has 0 bridgehead atoms. The topological polar surface area (TPSA) is 188 Å². The van der Waals surface area contributed by atoms with Crippen molar-refractivity contribution in [3.8, 4) is 5.75 Å². The molecule has 188 valence electrons. The van der Waals surface area contributed by atoms with Crippen molar-refractivity contribution in [3.05, 3.63) is 53.1 Å². The molecule has 0 aliphatic carbocycles. The molecule has 12 heteroatoms. The number of hydrogen-bond donors (Lipinski definition) is 5. The van der Waals surface area contributed by atoms with Crippen LogP contribution < -0.4 is 10.5 Å². The number of nitrogens with zero attached hydrogens (tertiary/aromatic N) is 1. The highest BCUT2D eigenvalue weighted by atomic mass is 35.5. The van der Waals surface area contributed by atoms with Gasteiger partial charge in [0.25, 0.3) is 0 Å². The lowest BCUT2D eigenvalue weighted by Gasteiger charge is -2.16. The molecule has 1 aromatic rings. The van der Waals surface area contributed by atoms with Gasteiger partial charge in [0.15, 0.2) is 0 Å². The van der Waals surface area contributed by atoms with Crippen molar-refractivity contribution in [2.24, 2.45) is 11.7 Å². The van der Waals surface area contributed by atoms with E-state index in [1.54, 1.807) is 0 Å². The summed E-state index contributed by atoms with van der Waals surface area (Å²) < 4.78 is 5.43. The molecule has 6 N–H and O–H groups in total. The van der Waals surface area contributed by atoms with Gasteiger partial charge in [0.1, 0.15) is 5.75 Å². The summed E-state index contributed by atoms with van der Waals surface area (Å²) in [4.78, 5) is 40.6. The van der Waals surface area contributed by atoms with Gasteiger partial charge >= 0.3 is 23.9 Å². The number of nitrogens with two attached hydrogens (primary N) is 1. The second-order valence-corrected chi connectivity index (χ2v) is 7.25. The molecular formula is C22H29ClN2O9. The number of benzene rings is 1. The molecule has 1 aliphatic rings. The normalized spacial score (nSPS) is 15.2. The first-order chi connectivity index (χ1) is 16.0. The molecule has 1 atom stereocenters. The highest BCUT2D eigenvalue weighted by molar-refractivity contribution is 6.32. The first-order valence-electron chi connectivity index (χ1n) is 10.1. The standard InChI is InChI=1S/C14H21ClN2O.2C4H4O4/c1-2-18-14-4-3-11(7-13(14)15)9-17-6-5-12(8-16)10-17;2*5-3(6)1-2-4(7)8/h3-4,7,12H,2,5-6,8-10,16H2,1H3;2*1-2H,(H,5,6)(H,7,8)/b;2*2-1+/t12-;;/m0../s1. The number of rotatable bonds is 9. The zero-order chi connectivity index (χ0) is 26.1. The van der Waals surface area contributed by atoms with Crippen LogP contribution in [0.3, 0.4) is 0 Å². The molecule has 0 radical (unpaired) electrons. The maximum absolute atomic E-state index is 9.55. The molecule has 0 unspecified atom stereocenters. The maximum Gasteiger partial charge on any atom is 0.328 e. The van der Waals surface area contributed by atoms with E-state index in [2.05, 4.69) is 11.0 Å². The molecule has 34 heavy (non-hydrogen) atoms. The average molecular weight is 501 g/mol. The Hall–Kier alpha value is -3.41. The van der Waals surface area contributed by atoms with Gasteiger partial charge in [-0.2, -0.15) is 0 Å². The predicted octanol–water partition coefficient (Wildman–Crippen LogP) is 1.94. The lowest BCUT2D eigenvalue weighted by atomic mass is 10.1. The Morgan fingerprint density at radius 1 is 1.03 bits per heavy atom. The molecule has 1 saturated heterocycles. The van der Waals surface area contributed by atoms with Crippen LogP contribution in [0.2, 0.25) is 5.02 Å². The highest BCUT2D eigenvalue weighted by Crippen LogP contribution is 2.27. The maximum atomic E-state index is 9.55. The summed E-state index contributed by atoms with van der Waals surface area (Å²) in [6.07, 6.45) is 3.44. The third-order valence-corrected chi connectivity index (χ3v) is 4.44. The molecule has 0 amide bonds.